The molecule has 0 aliphatic carbocycles. The Morgan fingerprint density at radius 3 is 2.65 bits per heavy atom. The summed E-state index contributed by atoms with van der Waals surface area (Å²) in [5, 5.41) is 19.2. The number of carbonyl (C=O) groups is 1. The fourth-order valence-electron chi connectivity index (χ4n) is 2.05. The number of nitrogens with zero attached hydrogens (tertiary/aromatic N) is 1. The topological polar surface area (TPSA) is 123 Å². The number of hydrogen-bond donors (Lipinski definition) is 4. The van der Waals surface area contributed by atoms with Crippen molar-refractivity contribution in [1.29, 1.82) is 5.41 Å². The van der Waals surface area contributed by atoms with Crippen molar-refractivity contribution in [3.63, 3.8) is 0 Å². The lowest BCUT2D eigenvalue weighted by Gasteiger charge is -2.19. The van der Waals surface area contributed by atoms with Crippen LogP contribution in [0.15, 0.2) is 18.3 Å². The number of phenolic OH excluding ortho intramolecular Hbond substituents is 1. The molecule has 1 fully saturated rings. The number of rotatable bonds is 4. The molecule has 1 aromatic carbocycles. The summed E-state index contributed by atoms with van der Waals surface area (Å²) in [5.74, 6) is -4.40. The molecule has 1 saturated heterocycles. The van der Waals surface area contributed by atoms with Crippen molar-refractivity contribution < 1.29 is 27.1 Å². The molecule has 1 aromatic rings. The number of phenols is 1. The van der Waals surface area contributed by atoms with E-state index >= 15 is 0 Å². The summed E-state index contributed by atoms with van der Waals surface area (Å²) in [6.45, 7) is -0.728. The Morgan fingerprint density at radius 1 is 1.52 bits per heavy atom. The van der Waals surface area contributed by atoms with Crippen molar-refractivity contribution in [2.45, 2.75) is 0 Å². The second-order valence-electron chi connectivity index (χ2n) is 4.49. The fraction of sp³-hybridized carbons (Fsp3) is 0.167. The Labute approximate surface area is 130 Å². The minimum absolute atomic E-state index is 0.336. The van der Waals surface area contributed by atoms with Crippen molar-refractivity contribution in [1.82, 2.24) is 10.0 Å². The molecule has 23 heavy (non-hydrogen) atoms. The molecular weight excluding hydrogens is 334 g/mol. The summed E-state index contributed by atoms with van der Waals surface area (Å²) in [4.78, 5) is 11.2. The van der Waals surface area contributed by atoms with Crippen LogP contribution >= 0.6 is 0 Å². The van der Waals surface area contributed by atoms with Gasteiger partial charge in [-0.25, -0.2) is 13.4 Å². The molecule has 11 heteroatoms. The van der Waals surface area contributed by atoms with Gasteiger partial charge in [0.25, 0.3) is 5.91 Å². The first-order chi connectivity index (χ1) is 10.7. The summed E-state index contributed by atoms with van der Waals surface area (Å²) in [5.41, 5.74) is -1.74. The van der Waals surface area contributed by atoms with Gasteiger partial charge in [-0.3, -0.25) is 10.2 Å². The molecule has 4 N–H and O–H groups in total. The molecule has 0 bridgehead atoms. The number of carbonyl (C=O) groups excluding carboxylic acids is 1. The zero-order valence-corrected chi connectivity index (χ0v) is 12.5. The molecule has 0 aromatic heterocycles. The molecule has 1 heterocycles. The first kappa shape index (κ1) is 16.7. The Hall–Kier alpha value is -2.69. The maximum Gasteiger partial charge on any atom is 0.326 e. The summed E-state index contributed by atoms with van der Waals surface area (Å²) in [6.07, 6.45) is 1.00. The van der Waals surface area contributed by atoms with Gasteiger partial charge in [0, 0.05) is 18.8 Å². The molecule has 124 valence electrons. The number of allylic oxidation sites excluding steroid dienone is 1. The number of halogens is 2. The van der Waals surface area contributed by atoms with Gasteiger partial charge in [-0.1, -0.05) is 0 Å². The van der Waals surface area contributed by atoms with Crippen LogP contribution in [0.2, 0.25) is 0 Å². The first-order valence-corrected chi connectivity index (χ1v) is 7.60. The van der Waals surface area contributed by atoms with E-state index in [0.29, 0.717) is 4.31 Å². The smallest absolute Gasteiger partial charge is 0.326 e. The highest BCUT2D eigenvalue weighted by molar-refractivity contribution is 7.92. The van der Waals surface area contributed by atoms with E-state index in [-0.39, 0.29) is 0 Å². The van der Waals surface area contributed by atoms with Gasteiger partial charge in [-0.05, 0) is 12.1 Å². The van der Waals surface area contributed by atoms with Crippen LogP contribution in [-0.4, -0.2) is 39.0 Å². The second kappa shape index (κ2) is 5.83. The van der Waals surface area contributed by atoms with Gasteiger partial charge in [-0.2, -0.15) is 12.8 Å². The Balaban J connectivity index is 2.68. The molecule has 1 aliphatic rings. The zero-order valence-electron chi connectivity index (χ0n) is 11.7. The average Bonchev–Trinajstić information content (AvgIpc) is 2.70. The van der Waals surface area contributed by atoms with E-state index in [0.717, 1.165) is 18.3 Å². The lowest BCUT2D eigenvalue weighted by atomic mass is 10.0. The highest BCUT2D eigenvalue weighted by Gasteiger charge is 2.38. The quantitative estimate of drug-likeness (QED) is 0.581. The summed E-state index contributed by atoms with van der Waals surface area (Å²) in [6, 6.07) is 1.93. The normalized spacial score (nSPS) is 17.1. The Morgan fingerprint density at radius 2 is 2.17 bits per heavy atom. The second-order valence-corrected chi connectivity index (χ2v) is 6.09. The molecule has 0 unspecified atom stereocenters. The Bertz CT molecular complexity index is 823. The van der Waals surface area contributed by atoms with Gasteiger partial charge >= 0.3 is 10.2 Å². The van der Waals surface area contributed by atoms with Gasteiger partial charge in [0.05, 0.1) is 5.57 Å². The van der Waals surface area contributed by atoms with Crippen LogP contribution in [0.5, 0.6) is 5.75 Å². The van der Waals surface area contributed by atoms with Gasteiger partial charge in [0.2, 0.25) is 5.97 Å². The van der Waals surface area contributed by atoms with Crippen LogP contribution in [0, 0.1) is 11.2 Å². The highest BCUT2D eigenvalue weighted by Crippen LogP contribution is 2.37. The summed E-state index contributed by atoms with van der Waals surface area (Å²) < 4.78 is 53.5. The molecule has 8 nitrogen and oxygen atoms in total. The van der Waals surface area contributed by atoms with E-state index in [9.17, 15) is 27.1 Å². The van der Waals surface area contributed by atoms with Gasteiger partial charge < -0.3 is 10.4 Å². The van der Waals surface area contributed by atoms with E-state index in [2.05, 4.69) is 5.32 Å². The molecule has 0 radical (unpaired) electrons. The molecule has 1 aliphatic heterocycles. The number of anilines is 1. The third-order valence-corrected chi connectivity index (χ3v) is 4.36. The number of nitrogens with one attached hydrogen (secondary N) is 3. The molecule has 0 spiro atoms. The van der Waals surface area contributed by atoms with Gasteiger partial charge in [0.15, 0.2) is 5.82 Å². The van der Waals surface area contributed by atoms with Gasteiger partial charge in [-0.15, -0.1) is 0 Å². The lowest BCUT2D eigenvalue weighted by Crippen LogP contribution is -2.30. The first-order valence-electron chi connectivity index (χ1n) is 6.16. The van der Waals surface area contributed by atoms with E-state index in [1.165, 1.54) is 7.05 Å². The van der Waals surface area contributed by atoms with Crippen LogP contribution in [0.3, 0.4) is 0 Å². The summed E-state index contributed by atoms with van der Waals surface area (Å²) in [7, 11) is -2.96. The third-order valence-electron chi connectivity index (χ3n) is 2.98. The number of amides is 1. The van der Waals surface area contributed by atoms with Crippen molar-refractivity contribution >= 4 is 33.3 Å². The van der Waals surface area contributed by atoms with Crippen LogP contribution < -0.4 is 14.3 Å². The predicted molar refractivity (Wildman–Crippen MR) is 78.3 cm³/mol. The maximum atomic E-state index is 14.7. The molecule has 2 rings (SSSR count). The average molecular weight is 346 g/mol. The third kappa shape index (κ3) is 2.95. The van der Waals surface area contributed by atoms with E-state index in [4.69, 9.17) is 5.41 Å². The SMILES string of the molecule is CN/C=C(\C(=N)F)c1ccc(O)c(N2CC(=O)NS2(=O)=O)c1F. The lowest BCUT2D eigenvalue weighted by molar-refractivity contribution is -0.117. The largest absolute Gasteiger partial charge is 0.506 e. The van der Waals surface area contributed by atoms with Crippen LogP contribution in [0.4, 0.5) is 14.5 Å². The van der Waals surface area contributed by atoms with E-state index < -0.39 is 57.0 Å². The van der Waals surface area contributed by atoms with Crippen LogP contribution in [0.1, 0.15) is 5.56 Å². The van der Waals surface area contributed by atoms with Crippen LogP contribution in [0.25, 0.3) is 5.57 Å². The predicted octanol–water partition coefficient (Wildman–Crippen LogP) is 0.219. The maximum absolute atomic E-state index is 14.7. The fourth-order valence-corrected chi connectivity index (χ4v) is 3.21. The minimum atomic E-state index is -4.36. The number of hydrogen-bond acceptors (Lipinski definition) is 6. The van der Waals surface area contributed by atoms with Crippen molar-refractivity contribution in [3.05, 3.63) is 29.7 Å². The van der Waals surface area contributed by atoms with E-state index in [1.807, 2.05) is 0 Å². The van der Waals surface area contributed by atoms with Crippen molar-refractivity contribution in [2.24, 2.45) is 0 Å². The standard InChI is InChI=1S/C12H12F2N4O4S/c1-16-4-7(12(14)15)6-2-3-8(19)11(10(6)13)18-5-9(20)17-23(18,21)22/h2-4,15-16,19H,5H2,1H3,(H,17,20)/b7-4-,15-12?. The Kier molecular flexibility index (Phi) is 4.23. The molecular formula is C12H12F2N4O4S. The number of benzene rings is 1. The van der Waals surface area contributed by atoms with Crippen LogP contribution in [-0.2, 0) is 15.0 Å². The highest BCUT2D eigenvalue weighted by atomic mass is 32.2. The van der Waals surface area contributed by atoms with Crippen molar-refractivity contribution in [3.8, 4) is 5.75 Å². The minimum Gasteiger partial charge on any atom is -0.506 e. The van der Waals surface area contributed by atoms with Gasteiger partial charge in [0.1, 0.15) is 18.0 Å². The van der Waals surface area contributed by atoms with Crippen molar-refractivity contribution in [2.75, 3.05) is 17.9 Å². The van der Waals surface area contributed by atoms with E-state index in [1.54, 1.807) is 4.72 Å². The number of aromatic hydroxyl groups is 1. The molecule has 0 atom stereocenters. The molecule has 1 amide bonds. The monoisotopic (exact) mass is 346 g/mol. The zero-order chi connectivity index (χ0) is 17.4. The summed E-state index contributed by atoms with van der Waals surface area (Å²) >= 11 is 0. The molecule has 0 saturated carbocycles.